The predicted molar refractivity (Wildman–Crippen MR) is 250 cm³/mol. The first kappa shape index (κ1) is 45.6. The van der Waals surface area contributed by atoms with Crippen molar-refractivity contribution in [3.63, 3.8) is 0 Å². The van der Waals surface area contributed by atoms with Crippen molar-refractivity contribution in [3.8, 4) is 28.7 Å². The fourth-order valence-corrected chi connectivity index (χ4v) is 9.91. The number of allylic oxidation sites excluding steroid dienone is 3. The Hall–Kier alpha value is -6.94. The first-order valence-electron chi connectivity index (χ1n) is 22.4. The minimum atomic E-state index is -1.24. The van der Waals surface area contributed by atoms with E-state index in [2.05, 4.69) is 45.9 Å². The third-order valence-electron chi connectivity index (χ3n) is 12.9. The van der Waals surface area contributed by atoms with Gasteiger partial charge in [0.2, 0.25) is 5.60 Å². The van der Waals surface area contributed by atoms with Crippen LogP contribution < -0.4 is 23.7 Å². The van der Waals surface area contributed by atoms with Gasteiger partial charge in [0.15, 0.2) is 0 Å². The highest BCUT2D eigenvalue weighted by atomic mass is 16.7. The van der Waals surface area contributed by atoms with Crippen LogP contribution in [0.3, 0.4) is 0 Å². The molecule has 5 aromatic carbocycles. The van der Waals surface area contributed by atoms with E-state index in [9.17, 15) is 19.2 Å². The van der Waals surface area contributed by atoms with E-state index in [0.717, 1.165) is 29.5 Å². The zero-order valence-electron chi connectivity index (χ0n) is 38.8. The van der Waals surface area contributed by atoms with Crippen LogP contribution in [0.1, 0.15) is 109 Å². The second-order valence-electron chi connectivity index (χ2n) is 19.8. The summed E-state index contributed by atoms with van der Waals surface area (Å²) in [5, 5.41) is 0. The van der Waals surface area contributed by atoms with E-state index in [0.29, 0.717) is 29.2 Å². The lowest BCUT2D eigenvalue weighted by atomic mass is 9.72. The summed E-state index contributed by atoms with van der Waals surface area (Å²) in [6.45, 7) is 16.0. The summed E-state index contributed by atoms with van der Waals surface area (Å²) >= 11 is 0. The maximum absolute atomic E-state index is 13.2. The van der Waals surface area contributed by atoms with Gasteiger partial charge in [0.05, 0.1) is 6.42 Å². The Labute approximate surface area is 386 Å². The quantitative estimate of drug-likeness (QED) is 0.0679. The highest BCUT2D eigenvalue weighted by Gasteiger charge is 2.56. The smallest absolute Gasteiger partial charge is 0.476 e. The van der Waals surface area contributed by atoms with Crippen molar-refractivity contribution < 1.29 is 47.6 Å². The van der Waals surface area contributed by atoms with E-state index in [1.54, 1.807) is 62.4 Å². The molecule has 3 aliphatic carbocycles. The van der Waals surface area contributed by atoms with E-state index >= 15 is 0 Å². The van der Waals surface area contributed by atoms with Gasteiger partial charge in [-0.25, -0.2) is 14.4 Å². The van der Waals surface area contributed by atoms with Crippen LogP contribution in [0.4, 0.5) is 4.79 Å². The molecule has 0 aliphatic heterocycles. The minimum absolute atomic E-state index is 0.0245. The molecule has 0 aromatic heterocycles. The molecular weight excluding hydrogens is 833 g/mol. The third-order valence-corrected chi connectivity index (χ3v) is 12.9. The highest BCUT2D eigenvalue weighted by molar-refractivity contribution is 5.90. The molecule has 0 saturated carbocycles. The third kappa shape index (κ3) is 9.55. The van der Waals surface area contributed by atoms with Gasteiger partial charge in [0, 0.05) is 17.1 Å². The molecule has 2 atom stereocenters. The molecule has 1 spiro atoms. The number of fused-ring (bicyclic) bond motifs is 4. The summed E-state index contributed by atoms with van der Waals surface area (Å²) in [5.41, 5.74) is 3.13. The molecule has 0 N–H and O–H groups in total. The SMILES string of the molecule is CC(C)(Oc1ccc2c(c1)C(C)(C)CC21CC(C)(C)c2cc(OC(=O)Oc3cccc(OC(=O)CC4C=CC=C(C(=O)OC(C)(C)c5ccccc5)C4)c3)ccc21)C(=O)Oc1ccccc1. The largest absolute Gasteiger partial charge is 0.519 e. The van der Waals surface area contributed by atoms with Crippen molar-refractivity contribution in [1.82, 2.24) is 0 Å². The summed E-state index contributed by atoms with van der Waals surface area (Å²) in [6.07, 6.45) is 6.44. The molecule has 2 unspecified atom stereocenters. The van der Waals surface area contributed by atoms with Crippen molar-refractivity contribution in [3.05, 3.63) is 173 Å². The van der Waals surface area contributed by atoms with Gasteiger partial charge in [0.1, 0.15) is 34.3 Å². The van der Waals surface area contributed by atoms with Crippen LogP contribution in [0.15, 0.2) is 145 Å². The van der Waals surface area contributed by atoms with Crippen molar-refractivity contribution in [2.45, 2.75) is 109 Å². The van der Waals surface area contributed by atoms with E-state index in [4.69, 9.17) is 28.4 Å². The highest BCUT2D eigenvalue weighted by Crippen LogP contribution is 2.63. The Bertz CT molecular complexity index is 2740. The Morgan fingerprint density at radius 2 is 1.14 bits per heavy atom. The van der Waals surface area contributed by atoms with Crippen LogP contribution in [-0.4, -0.2) is 29.7 Å². The van der Waals surface area contributed by atoms with Crippen LogP contribution >= 0.6 is 0 Å². The number of hydrogen-bond donors (Lipinski definition) is 0. The maximum atomic E-state index is 13.2. The Morgan fingerprint density at radius 3 is 1.77 bits per heavy atom. The molecule has 10 heteroatoms. The first-order valence-corrected chi connectivity index (χ1v) is 22.4. The molecule has 340 valence electrons. The van der Waals surface area contributed by atoms with Crippen LogP contribution in [0.25, 0.3) is 0 Å². The summed E-state index contributed by atoms with van der Waals surface area (Å²) in [6, 6.07) is 36.6. The van der Waals surface area contributed by atoms with E-state index < -0.39 is 35.3 Å². The second kappa shape index (κ2) is 17.5. The number of benzene rings is 5. The average Bonchev–Trinajstić information content (AvgIpc) is 3.62. The standard InChI is InChI=1S/C56H56O10/c1-52(2)34-56(35-53(3,4)47-33-43(26-28-45(47)56)65-55(7,8)50(59)62-39-21-13-10-14-22-39)44-27-25-42(32-46(44)52)64-51(60)63-41-24-16-23-40(31-41)61-48(57)30-36-17-15-18-37(29-36)49(58)66-54(5,6)38-19-11-9-12-20-38/h9-28,31-33,36H,29-30,34-35H2,1-8H3. The van der Waals surface area contributed by atoms with Gasteiger partial charge in [-0.15, -0.1) is 0 Å². The van der Waals surface area contributed by atoms with Gasteiger partial charge in [-0.05, 0) is 140 Å². The van der Waals surface area contributed by atoms with E-state index in [-0.39, 0.29) is 40.1 Å². The molecule has 0 amide bonds. The predicted octanol–water partition coefficient (Wildman–Crippen LogP) is 12.0. The van der Waals surface area contributed by atoms with Gasteiger partial charge in [-0.1, -0.05) is 113 Å². The topological polar surface area (TPSA) is 124 Å². The zero-order valence-corrected chi connectivity index (χ0v) is 38.8. The van der Waals surface area contributed by atoms with Crippen molar-refractivity contribution >= 4 is 24.1 Å². The molecule has 0 radical (unpaired) electrons. The van der Waals surface area contributed by atoms with Gasteiger partial charge < -0.3 is 28.4 Å². The lowest BCUT2D eigenvalue weighted by molar-refractivity contribution is -0.153. The van der Waals surface area contributed by atoms with E-state index in [1.807, 2.05) is 80.6 Å². The Kier molecular flexibility index (Phi) is 12.1. The van der Waals surface area contributed by atoms with Crippen LogP contribution in [-0.2, 0) is 41.0 Å². The van der Waals surface area contributed by atoms with Crippen LogP contribution in [0.5, 0.6) is 28.7 Å². The number of carbonyl (C=O) groups excluding carboxylic acids is 4. The molecule has 0 saturated heterocycles. The molecule has 3 aliphatic rings. The first-order chi connectivity index (χ1) is 31.2. The molecule has 0 heterocycles. The molecule has 0 fully saturated rings. The average molecular weight is 889 g/mol. The number of carbonyl (C=O) groups is 4. The number of para-hydroxylation sites is 1. The fraction of sp³-hybridized carbons (Fsp3) is 0.321. The van der Waals surface area contributed by atoms with Crippen LogP contribution in [0, 0.1) is 5.92 Å². The molecule has 0 bridgehead atoms. The monoisotopic (exact) mass is 888 g/mol. The molecule has 10 nitrogen and oxygen atoms in total. The summed E-state index contributed by atoms with van der Waals surface area (Å²) in [5.74, 6) is 0.0230. The molecule has 8 rings (SSSR count). The molecule has 5 aromatic rings. The normalized spacial score (nSPS) is 18.9. The van der Waals surface area contributed by atoms with Crippen molar-refractivity contribution in [2.24, 2.45) is 5.92 Å². The van der Waals surface area contributed by atoms with Gasteiger partial charge in [-0.2, -0.15) is 0 Å². The Morgan fingerprint density at radius 1 is 0.591 bits per heavy atom. The lowest BCUT2D eigenvalue weighted by Crippen LogP contribution is -2.41. The summed E-state index contributed by atoms with van der Waals surface area (Å²) in [7, 11) is 0. The van der Waals surface area contributed by atoms with Crippen molar-refractivity contribution in [1.29, 1.82) is 0 Å². The summed E-state index contributed by atoms with van der Waals surface area (Å²) in [4.78, 5) is 52.6. The number of ether oxygens (including phenoxy) is 6. The van der Waals surface area contributed by atoms with Crippen molar-refractivity contribution in [2.75, 3.05) is 0 Å². The second-order valence-corrected chi connectivity index (χ2v) is 19.8. The minimum Gasteiger partial charge on any atom is -0.476 e. The lowest BCUT2D eigenvalue weighted by Gasteiger charge is -2.30. The van der Waals surface area contributed by atoms with E-state index in [1.165, 1.54) is 17.2 Å². The van der Waals surface area contributed by atoms with Gasteiger partial charge in [-0.3, -0.25) is 4.79 Å². The zero-order chi connectivity index (χ0) is 47.1. The van der Waals surface area contributed by atoms with Gasteiger partial charge in [0.25, 0.3) is 0 Å². The van der Waals surface area contributed by atoms with Crippen LogP contribution in [0.2, 0.25) is 0 Å². The molecular formula is C56H56O10. The molecule has 66 heavy (non-hydrogen) atoms. The number of hydrogen-bond acceptors (Lipinski definition) is 10. The number of rotatable bonds is 12. The Balaban J connectivity index is 0.890. The maximum Gasteiger partial charge on any atom is 0.519 e. The fourth-order valence-electron chi connectivity index (χ4n) is 9.91. The number of esters is 3. The van der Waals surface area contributed by atoms with Gasteiger partial charge >= 0.3 is 24.1 Å². The summed E-state index contributed by atoms with van der Waals surface area (Å²) < 4.78 is 34.8.